The van der Waals surface area contributed by atoms with Crippen molar-refractivity contribution in [3.8, 4) is 0 Å². The second-order valence-corrected chi connectivity index (χ2v) is 24.7. The van der Waals surface area contributed by atoms with Gasteiger partial charge in [-0.3, -0.25) is 48.4 Å². The van der Waals surface area contributed by atoms with Crippen LogP contribution in [0.1, 0.15) is 75.2 Å². The fourth-order valence-corrected chi connectivity index (χ4v) is 12.6. The highest BCUT2D eigenvalue weighted by molar-refractivity contribution is 5.98. The molecule has 0 spiro atoms. The van der Waals surface area contributed by atoms with E-state index in [-0.39, 0.29) is 96.7 Å². The maximum atomic E-state index is 14.3. The molecule has 2 aromatic carbocycles. The molecule has 4 fully saturated rings. The molecular weight excluding hydrogens is 1050 g/mol. The number of halogens is 2. The summed E-state index contributed by atoms with van der Waals surface area (Å²) in [5.74, 6) is -1.38. The van der Waals surface area contributed by atoms with Crippen molar-refractivity contribution in [2.75, 3.05) is 128 Å². The number of ether oxygens (including phenoxy) is 2. The number of pyridine rings is 2. The number of nitrogens with one attached hydrogen (secondary N) is 6. The summed E-state index contributed by atoms with van der Waals surface area (Å²) >= 11 is 0. The van der Waals surface area contributed by atoms with E-state index in [0.29, 0.717) is 127 Å². The minimum Gasteiger partial charge on any atom is -0.366 e. The smallest absolute Gasteiger partial charge is 0.251 e. The molecule has 4 aromatic rings. The Morgan fingerprint density at radius 2 is 0.988 bits per heavy atom. The van der Waals surface area contributed by atoms with Gasteiger partial charge in [0.25, 0.3) is 22.9 Å². The molecule has 0 radical (unpaired) electrons. The highest BCUT2D eigenvalue weighted by Gasteiger charge is 2.43. The van der Waals surface area contributed by atoms with Crippen LogP contribution in [-0.4, -0.2) is 208 Å². The maximum Gasteiger partial charge on any atom is 0.251 e. The number of anilines is 2. The number of hydrogen-bond acceptors (Lipinski definition) is 14. The van der Waals surface area contributed by atoms with Crippen LogP contribution in [0.5, 0.6) is 0 Å². The normalized spacial score (nSPS) is 24.9. The zero-order valence-electron chi connectivity index (χ0n) is 48.1. The van der Waals surface area contributed by atoms with Gasteiger partial charge in [0.05, 0.1) is 37.7 Å². The molecule has 6 aliphatic heterocycles. The van der Waals surface area contributed by atoms with E-state index in [1.54, 1.807) is 34.1 Å². The molecule has 6 N–H and O–H groups in total. The second-order valence-electron chi connectivity index (χ2n) is 24.7. The van der Waals surface area contributed by atoms with Gasteiger partial charge in [-0.25, -0.2) is 8.78 Å². The lowest BCUT2D eigenvalue weighted by Gasteiger charge is -2.43. The Morgan fingerprint density at radius 1 is 0.598 bits per heavy atom. The van der Waals surface area contributed by atoms with Crippen LogP contribution in [0.15, 0.2) is 70.3 Å². The third-order valence-electron chi connectivity index (χ3n) is 17.1. The third-order valence-corrected chi connectivity index (χ3v) is 17.1. The molecule has 4 saturated heterocycles. The van der Waals surface area contributed by atoms with Crippen molar-refractivity contribution in [3.05, 3.63) is 127 Å². The Bertz CT molecular complexity index is 2900. The summed E-state index contributed by atoms with van der Waals surface area (Å²) in [6.45, 7) is 20.3. The number of piperazine rings is 2. The molecular formula is C60H80F2N12O8. The average molecular weight is 1140 g/mol. The summed E-state index contributed by atoms with van der Waals surface area (Å²) in [4.78, 5) is 101. The van der Waals surface area contributed by atoms with Gasteiger partial charge in [0.2, 0.25) is 11.8 Å². The number of hydrogen-bond donors (Lipinski definition) is 6. The number of nitrogens with zero attached hydrogens (tertiary/aromatic N) is 6. The molecule has 2 aromatic heterocycles. The molecule has 10 rings (SSSR count). The Labute approximate surface area is 477 Å². The number of H-pyrrole nitrogens is 2. The number of fused-ring (bicyclic) bond motifs is 2. The molecule has 82 heavy (non-hydrogen) atoms. The van der Waals surface area contributed by atoms with Crippen LogP contribution in [0.4, 0.5) is 20.2 Å². The molecule has 8 heterocycles. The standard InChI is InChI=1S/C60H80F2N12O8/c1-37-27-71(33-51(75)73-35-59(3,4)53-47(73)23-41(55(77)67-53)21-39-7-11-43(61)12-8-39)45(25-65-37)29-69-17-19-81-49(31-69)57(79)63-15-16-64-58(80)50-32-70(18-20-82-50)30-46-26-66-38(2)28-72(46)34-52(76)74-36-60(5,6)54-48(74)24-42(56(78)68-54)22-40-9-13-44(62)14-10-40/h7-14,23-24,37-38,45-46,49-50,65-66H,15-22,25-36H2,1-6H3,(H,63,79)(H,64,80)(H,67,77)(H,68,78)/t37-,38-,45-,46-,49+,50+/m1/s1. The highest BCUT2D eigenvalue weighted by Crippen LogP contribution is 2.40. The van der Waals surface area contributed by atoms with Crippen LogP contribution in [-0.2, 0) is 52.3 Å². The van der Waals surface area contributed by atoms with E-state index in [0.717, 1.165) is 22.5 Å². The van der Waals surface area contributed by atoms with E-state index >= 15 is 0 Å². The van der Waals surface area contributed by atoms with Gasteiger partial charge in [0.1, 0.15) is 23.8 Å². The van der Waals surface area contributed by atoms with E-state index in [1.165, 1.54) is 24.3 Å². The van der Waals surface area contributed by atoms with Crippen molar-refractivity contribution in [1.29, 1.82) is 0 Å². The van der Waals surface area contributed by atoms with Crippen molar-refractivity contribution in [2.24, 2.45) is 0 Å². The van der Waals surface area contributed by atoms with Gasteiger partial charge < -0.3 is 50.5 Å². The van der Waals surface area contributed by atoms with Gasteiger partial charge in [-0.15, -0.1) is 0 Å². The van der Waals surface area contributed by atoms with E-state index in [1.807, 2.05) is 39.8 Å². The zero-order chi connectivity index (χ0) is 58.0. The second kappa shape index (κ2) is 24.9. The van der Waals surface area contributed by atoms with E-state index in [9.17, 15) is 37.5 Å². The van der Waals surface area contributed by atoms with Crippen LogP contribution in [0.3, 0.4) is 0 Å². The van der Waals surface area contributed by atoms with Crippen molar-refractivity contribution >= 4 is 35.0 Å². The fraction of sp³-hybridized carbons (Fsp3) is 0.567. The molecule has 0 saturated carbocycles. The lowest BCUT2D eigenvalue weighted by atomic mass is 9.91. The summed E-state index contributed by atoms with van der Waals surface area (Å²) < 4.78 is 39.2. The SMILES string of the molecule is C[C@@H]1CN(CC(=O)N2CC(C)(C)c3[nH]c(=O)c(Cc4ccc(F)cc4)cc32)[C@@H](CN2CCO[C@H](C(=O)NCCNC(=O)[C@@H]3CN(C[C@H]4CN[C@H](C)CN4CC(=O)N4CC(C)(C)c5[nH]c(=O)c(Cc6ccc(F)cc6)cc54)CCO3)C2)CN1. The Morgan fingerprint density at radius 3 is 1.38 bits per heavy atom. The van der Waals surface area contributed by atoms with Crippen LogP contribution in [0.2, 0.25) is 0 Å². The third kappa shape index (κ3) is 13.7. The maximum absolute atomic E-state index is 14.3. The number of carbonyl (C=O) groups excluding carboxylic acids is 4. The van der Waals surface area contributed by atoms with Crippen molar-refractivity contribution in [2.45, 2.75) is 102 Å². The largest absolute Gasteiger partial charge is 0.366 e. The van der Waals surface area contributed by atoms with Gasteiger partial charge in [-0.2, -0.15) is 0 Å². The molecule has 4 amide bonds. The van der Waals surface area contributed by atoms with Crippen molar-refractivity contribution in [3.63, 3.8) is 0 Å². The first kappa shape index (κ1) is 58.9. The molecule has 0 unspecified atom stereocenters. The first-order valence-corrected chi connectivity index (χ1v) is 29.0. The number of amides is 4. The number of rotatable bonds is 17. The lowest BCUT2D eigenvalue weighted by molar-refractivity contribution is -0.140. The van der Waals surface area contributed by atoms with Crippen LogP contribution < -0.4 is 42.2 Å². The number of benzene rings is 2. The van der Waals surface area contributed by atoms with E-state index < -0.39 is 23.0 Å². The molecule has 6 aliphatic rings. The van der Waals surface area contributed by atoms with E-state index in [2.05, 4.69) is 64.7 Å². The molecule has 22 heteroatoms. The first-order chi connectivity index (χ1) is 39.2. The Balaban J connectivity index is 0.680. The van der Waals surface area contributed by atoms with Gasteiger partial charge >= 0.3 is 0 Å². The van der Waals surface area contributed by atoms with Gasteiger partial charge in [0, 0.05) is 162 Å². The van der Waals surface area contributed by atoms with Gasteiger partial charge in [-0.05, 0) is 61.4 Å². The molecule has 20 nitrogen and oxygen atoms in total. The van der Waals surface area contributed by atoms with Crippen molar-refractivity contribution in [1.82, 2.24) is 50.8 Å². The fourth-order valence-electron chi connectivity index (χ4n) is 12.6. The summed E-state index contributed by atoms with van der Waals surface area (Å²) in [7, 11) is 0. The molecule has 6 atom stereocenters. The number of aromatic nitrogens is 2. The zero-order valence-corrected chi connectivity index (χ0v) is 48.1. The summed E-state index contributed by atoms with van der Waals surface area (Å²) in [5, 5.41) is 13.0. The summed E-state index contributed by atoms with van der Waals surface area (Å²) in [5.41, 5.74) is 4.00. The summed E-state index contributed by atoms with van der Waals surface area (Å²) in [6.07, 6.45) is -0.838. The minimum absolute atomic E-state index is 0.0289. The number of morpholine rings is 2. The Hall–Kier alpha value is -6.24. The topological polar surface area (TPSA) is 220 Å². The summed E-state index contributed by atoms with van der Waals surface area (Å²) in [6, 6.07) is 16.0. The predicted octanol–water partition coefficient (Wildman–Crippen LogP) is 1.43. The van der Waals surface area contributed by atoms with Crippen LogP contribution >= 0.6 is 0 Å². The number of carbonyl (C=O) groups is 4. The molecule has 442 valence electrons. The van der Waals surface area contributed by atoms with Crippen LogP contribution in [0.25, 0.3) is 0 Å². The molecule has 0 aliphatic carbocycles. The first-order valence-electron chi connectivity index (χ1n) is 29.0. The lowest BCUT2D eigenvalue weighted by Crippen LogP contribution is -2.62. The average Bonchev–Trinajstić information content (AvgIpc) is 2.92. The highest BCUT2D eigenvalue weighted by atomic mass is 19.1. The minimum atomic E-state index is -0.720. The Kier molecular flexibility index (Phi) is 17.9. The van der Waals surface area contributed by atoms with Gasteiger partial charge in [0.15, 0.2) is 0 Å². The van der Waals surface area contributed by atoms with Gasteiger partial charge in [-0.1, -0.05) is 52.0 Å². The quantitative estimate of drug-likeness (QED) is 0.0825. The van der Waals surface area contributed by atoms with E-state index in [4.69, 9.17) is 9.47 Å². The number of aromatic amines is 2. The molecule has 0 bridgehead atoms. The predicted molar refractivity (Wildman–Crippen MR) is 307 cm³/mol. The van der Waals surface area contributed by atoms with Crippen molar-refractivity contribution < 1.29 is 37.4 Å². The monoisotopic (exact) mass is 1130 g/mol. The van der Waals surface area contributed by atoms with Crippen LogP contribution in [0, 0.1) is 11.6 Å².